The Bertz CT molecular complexity index is 1100. The lowest BCUT2D eigenvalue weighted by Crippen LogP contribution is -2.29. The molecule has 0 radical (unpaired) electrons. The van der Waals surface area contributed by atoms with Crippen LogP contribution in [0.4, 0.5) is 10.7 Å². The number of aromatic nitrogens is 2. The lowest BCUT2D eigenvalue weighted by atomic mass is 9.95. The molecule has 4 rings (SSSR count). The van der Waals surface area contributed by atoms with Crippen molar-refractivity contribution in [2.45, 2.75) is 38.1 Å². The quantitative estimate of drug-likeness (QED) is 0.523. The second kappa shape index (κ2) is 9.50. The third-order valence-electron chi connectivity index (χ3n) is 6.35. The molecule has 0 bridgehead atoms. The fourth-order valence-corrected chi connectivity index (χ4v) is 5.68. The van der Waals surface area contributed by atoms with Gasteiger partial charge in [0.1, 0.15) is 10.6 Å². The number of benzene rings is 1. The molecule has 7 nitrogen and oxygen atoms in total. The third-order valence-corrected chi connectivity index (χ3v) is 7.72. The Morgan fingerprint density at radius 3 is 2.66 bits per heavy atom. The minimum Gasteiger partial charge on any atom is -0.465 e. The van der Waals surface area contributed by atoms with Crippen LogP contribution in [-0.4, -0.2) is 61.8 Å². The first kappa shape index (κ1) is 22.6. The molecule has 3 aromatic rings. The van der Waals surface area contributed by atoms with Crippen LogP contribution in [0.25, 0.3) is 21.5 Å². The first-order valence-electron chi connectivity index (χ1n) is 11.2. The van der Waals surface area contributed by atoms with Gasteiger partial charge >= 0.3 is 5.97 Å². The summed E-state index contributed by atoms with van der Waals surface area (Å²) in [5.74, 6) is -0.403. The van der Waals surface area contributed by atoms with Gasteiger partial charge in [0, 0.05) is 26.2 Å². The van der Waals surface area contributed by atoms with E-state index in [1.54, 1.807) is 0 Å². The summed E-state index contributed by atoms with van der Waals surface area (Å²) in [5.41, 5.74) is 10.5. The highest BCUT2D eigenvalue weighted by Gasteiger charge is 2.26. The van der Waals surface area contributed by atoms with Gasteiger partial charge in [-0.25, -0.2) is 9.78 Å². The molecule has 8 heteroatoms. The first-order valence-corrected chi connectivity index (χ1v) is 12.1. The molecule has 1 aliphatic rings. The van der Waals surface area contributed by atoms with E-state index in [0.717, 1.165) is 39.6 Å². The zero-order valence-corrected chi connectivity index (χ0v) is 20.2. The summed E-state index contributed by atoms with van der Waals surface area (Å²) in [7, 11) is 7.45. The van der Waals surface area contributed by atoms with Crippen LogP contribution in [0.3, 0.4) is 0 Å². The summed E-state index contributed by atoms with van der Waals surface area (Å²) in [5, 5.41) is 0.832. The molecule has 2 N–H and O–H groups in total. The highest BCUT2D eigenvalue weighted by Crippen LogP contribution is 2.45. The minimum atomic E-state index is -0.403. The summed E-state index contributed by atoms with van der Waals surface area (Å²) in [6.07, 6.45) is 8.32. The summed E-state index contributed by atoms with van der Waals surface area (Å²) in [6.45, 7) is 1.65. The molecule has 1 aromatic carbocycles. The number of hydrogen-bond donors (Lipinski definition) is 1. The van der Waals surface area contributed by atoms with E-state index in [1.165, 1.54) is 50.6 Å². The van der Waals surface area contributed by atoms with Gasteiger partial charge in [0.25, 0.3) is 0 Å². The number of nitrogen functional groups attached to an aromatic ring is 1. The van der Waals surface area contributed by atoms with Crippen LogP contribution >= 0.6 is 11.3 Å². The largest absolute Gasteiger partial charge is 0.465 e. The number of carbonyl (C=O) groups is 1. The normalized spacial score (nSPS) is 14.9. The van der Waals surface area contributed by atoms with Gasteiger partial charge in [0.2, 0.25) is 0 Å². The van der Waals surface area contributed by atoms with Gasteiger partial charge in [-0.15, -0.1) is 11.3 Å². The van der Waals surface area contributed by atoms with Crippen molar-refractivity contribution >= 4 is 39.0 Å². The molecule has 0 saturated heterocycles. The number of hydrogen-bond acceptors (Lipinski definition) is 7. The van der Waals surface area contributed by atoms with E-state index in [9.17, 15) is 4.79 Å². The van der Waals surface area contributed by atoms with Gasteiger partial charge < -0.3 is 24.8 Å². The fraction of sp³-hybridized carbons (Fsp3) is 0.500. The molecule has 0 atom stereocenters. The SMILES string of the molecule is COC(=O)c1c(N(C)CCN(C)C)sc(-c2ccc3c(c2)ncn3C2CCCCC2)c1N. The van der Waals surface area contributed by atoms with Crippen LogP contribution < -0.4 is 10.6 Å². The molecular weight excluding hydrogens is 422 g/mol. The van der Waals surface area contributed by atoms with Crippen molar-refractivity contribution in [2.75, 3.05) is 52.0 Å². The number of likely N-dealkylation sites (N-methyl/N-ethyl adjacent to an activating group) is 2. The number of methoxy groups -OCH3 is 1. The summed E-state index contributed by atoms with van der Waals surface area (Å²) in [4.78, 5) is 22.3. The van der Waals surface area contributed by atoms with Crippen molar-refractivity contribution in [1.82, 2.24) is 14.5 Å². The van der Waals surface area contributed by atoms with Crippen LogP contribution in [0, 0.1) is 0 Å². The molecule has 0 unspecified atom stereocenters. The van der Waals surface area contributed by atoms with Crippen molar-refractivity contribution < 1.29 is 9.53 Å². The van der Waals surface area contributed by atoms with Gasteiger partial charge in [-0.3, -0.25) is 0 Å². The molecule has 0 amide bonds. The predicted molar refractivity (Wildman–Crippen MR) is 133 cm³/mol. The number of rotatable bonds is 7. The number of nitrogens with zero attached hydrogens (tertiary/aromatic N) is 4. The Kier molecular flexibility index (Phi) is 6.71. The molecule has 172 valence electrons. The van der Waals surface area contributed by atoms with E-state index >= 15 is 0 Å². The highest BCUT2D eigenvalue weighted by molar-refractivity contribution is 7.20. The Morgan fingerprint density at radius 1 is 1.22 bits per heavy atom. The maximum atomic E-state index is 12.6. The van der Waals surface area contributed by atoms with Crippen LogP contribution in [0.15, 0.2) is 24.5 Å². The van der Waals surface area contributed by atoms with Gasteiger partial charge in [0.15, 0.2) is 0 Å². The number of fused-ring (bicyclic) bond motifs is 1. The molecule has 1 saturated carbocycles. The van der Waals surface area contributed by atoms with Gasteiger partial charge in [0.05, 0.1) is 35.0 Å². The number of nitrogens with two attached hydrogens (primary N) is 1. The number of carbonyl (C=O) groups excluding carboxylic acids is 1. The molecule has 2 heterocycles. The first-order chi connectivity index (χ1) is 15.4. The molecule has 1 aliphatic carbocycles. The van der Waals surface area contributed by atoms with Gasteiger partial charge in [-0.2, -0.15) is 0 Å². The predicted octanol–water partition coefficient (Wildman–Crippen LogP) is 4.64. The smallest absolute Gasteiger partial charge is 0.343 e. The van der Waals surface area contributed by atoms with Crippen LogP contribution in [0.5, 0.6) is 0 Å². The van der Waals surface area contributed by atoms with E-state index in [1.807, 2.05) is 27.5 Å². The van der Waals surface area contributed by atoms with E-state index in [4.69, 9.17) is 15.5 Å². The molecule has 1 fully saturated rings. The lowest BCUT2D eigenvalue weighted by Gasteiger charge is -2.23. The molecule has 32 heavy (non-hydrogen) atoms. The van der Waals surface area contributed by atoms with Crippen LogP contribution in [-0.2, 0) is 4.74 Å². The molecular formula is C24H33N5O2S. The standard InChI is InChI=1S/C24H33N5O2S/c1-27(2)12-13-28(3)23-20(24(30)31-4)21(25)22(32-23)16-10-11-19-18(14-16)26-15-29(19)17-8-6-5-7-9-17/h10-11,14-15,17H,5-9,12-13,25H2,1-4H3. The van der Waals surface area contributed by atoms with E-state index in [0.29, 0.717) is 17.3 Å². The summed E-state index contributed by atoms with van der Waals surface area (Å²) >= 11 is 1.53. The molecule has 2 aromatic heterocycles. The van der Waals surface area contributed by atoms with Crippen molar-refractivity contribution in [3.05, 3.63) is 30.1 Å². The number of thiophene rings is 1. The summed E-state index contributed by atoms with van der Waals surface area (Å²) < 4.78 is 7.39. The fourth-order valence-electron chi connectivity index (χ4n) is 4.49. The van der Waals surface area contributed by atoms with Crippen molar-refractivity contribution in [3.63, 3.8) is 0 Å². The van der Waals surface area contributed by atoms with E-state index < -0.39 is 5.97 Å². The van der Waals surface area contributed by atoms with E-state index in [2.05, 4.69) is 32.6 Å². The second-order valence-electron chi connectivity index (χ2n) is 8.89. The topological polar surface area (TPSA) is 76.6 Å². The average Bonchev–Trinajstić information content (AvgIpc) is 3.38. The van der Waals surface area contributed by atoms with Crippen molar-refractivity contribution in [2.24, 2.45) is 0 Å². The number of ether oxygens (including phenoxy) is 1. The van der Waals surface area contributed by atoms with Crippen LogP contribution in [0.1, 0.15) is 48.5 Å². The maximum Gasteiger partial charge on any atom is 0.343 e. The highest BCUT2D eigenvalue weighted by atomic mass is 32.1. The van der Waals surface area contributed by atoms with Gasteiger partial charge in [-0.05, 0) is 44.6 Å². The zero-order chi connectivity index (χ0) is 22.8. The van der Waals surface area contributed by atoms with Crippen molar-refractivity contribution in [1.29, 1.82) is 0 Å². The Hall–Kier alpha value is -2.58. The molecule has 0 aliphatic heterocycles. The van der Waals surface area contributed by atoms with Crippen molar-refractivity contribution in [3.8, 4) is 10.4 Å². The third kappa shape index (κ3) is 4.34. The number of imidazole rings is 1. The number of anilines is 2. The lowest BCUT2D eigenvalue weighted by molar-refractivity contribution is 0.0603. The Balaban J connectivity index is 1.71. The number of esters is 1. The van der Waals surface area contributed by atoms with Crippen LogP contribution in [0.2, 0.25) is 0 Å². The van der Waals surface area contributed by atoms with Gasteiger partial charge in [-0.1, -0.05) is 25.3 Å². The maximum absolute atomic E-state index is 12.6. The average molecular weight is 456 g/mol. The Labute approximate surface area is 193 Å². The zero-order valence-electron chi connectivity index (χ0n) is 19.4. The monoisotopic (exact) mass is 455 g/mol. The molecule has 0 spiro atoms. The summed E-state index contributed by atoms with van der Waals surface area (Å²) in [6, 6.07) is 6.85. The van der Waals surface area contributed by atoms with E-state index in [-0.39, 0.29) is 0 Å². The second-order valence-corrected chi connectivity index (χ2v) is 9.89. The minimum absolute atomic E-state index is 0.403. The Morgan fingerprint density at radius 2 is 1.97 bits per heavy atom.